The zero-order valence-electron chi connectivity index (χ0n) is 61.5. The smallest absolute Gasteiger partial charge is 0.658 e. The van der Waals surface area contributed by atoms with E-state index in [1.165, 1.54) is 87.9 Å². The standard InChI is InChI=1S/4C18H15P.C12H6F4N.C12H8F2N.2CH3.2Cu/c4*1-4-10-16(11-5-1)19(17-12-6-2-7-13-17)18-14-8-3-9-15-18;13-7-1-8(14)4-11(3-7)17-12-5-9(15)2-10(16)6-12;13-9-3-1-5-11(7-9)15-12-6-2-4-10(14)8-12;;;;/h4*1-15H;1-6H;1-8H;2*1H3;;/q;;;;4*-1;2*+2/p+4. The first-order valence-electron chi connectivity index (χ1n) is 35.1. The molecule has 0 aromatic heterocycles. The van der Waals surface area contributed by atoms with Gasteiger partial charge in [0.15, 0.2) is 0 Å². The van der Waals surface area contributed by atoms with Gasteiger partial charge in [-0.1, -0.05) is 243 Å². The van der Waals surface area contributed by atoms with Crippen LogP contribution in [0.2, 0.25) is 0 Å². The molecule has 16 aromatic carbocycles. The van der Waals surface area contributed by atoms with Crippen molar-refractivity contribution in [2.75, 3.05) is 0 Å². The van der Waals surface area contributed by atoms with E-state index in [0.29, 0.717) is 23.5 Å². The van der Waals surface area contributed by atoms with Crippen molar-refractivity contribution < 1.29 is 60.5 Å². The maximum absolute atomic E-state index is 12.8. The summed E-state index contributed by atoms with van der Waals surface area (Å²) >= 11 is 0. The Morgan fingerprint density at radius 2 is 0.277 bits per heavy atom. The van der Waals surface area contributed by atoms with Crippen LogP contribution in [0, 0.1) is 49.8 Å². The predicted octanol–water partition coefficient (Wildman–Crippen LogP) is 22.5. The summed E-state index contributed by atoms with van der Waals surface area (Å²) in [6, 6.07) is 147. The first kappa shape index (κ1) is 88.7. The summed E-state index contributed by atoms with van der Waals surface area (Å²) in [4.78, 5) is 0. The van der Waals surface area contributed by atoms with Crippen molar-refractivity contribution in [1.29, 1.82) is 0 Å². The minimum Gasteiger partial charge on any atom is -0.658 e. The number of halogens is 6. The van der Waals surface area contributed by atoms with Crippen molar-refractivity contribution in [2.24, 2.45) is 0 Å². The molecule has 16 aromatic rings. The molecule has 0 amide bonds. The fourth-order valence-electron chi connectivity index (χ4n) is 11.9. The Balaban J connectivity index is 0.000000186. The van der Waals surface area contributed by atoms with Crippen LogP contribution in [-0.4, -0.2) is 0 Å². The SMILES string of the molecule is Fc1cc(F)cc([N-]c2cc(F)cc(F)c2)c1.Fc1cccc([N-]c2cccc(F)c2)c1.[CH3-].[CH3-].[Cu+2].[Cu+2].c1ccc([PH+](c2ccccc2)c2ccccc2)cc1.c1ccc([PH+](c2ccccc2)c2ccccc2)cc1.c1ccc([PH+](c2ccccc2)c2ccccc2)cc1.c1ccc([PH+](c2ccccc2)c2ccccc2)cc1. The maximum atomic E-state index is 12.8. The van der Waals surface area contributed by atoms with Crippen molar-refractivity contribution in [3.63, 3.8) is 0 Å². The van der Waals surface area contributed by atoms with E-state index in [1.54, 1.807) is 24.3 Å². The topological polar surface area (TPSA) is 28.2 Å². The Kier molecular flexibility index (Phi) is 38.2. The number of rotatable bonds is 16. The third-order valence-electron chi connectivity index (χ3n) is 16.6. The van der Waals surface area contributed by atoms with Gasteiger partial charge in [0.05, 0.1) is 31.7 Å². The molecule has 566 valence electrons. The minimum atomic E-state index is -0.877. The quantitative estimate of drug-likeness (QED) is 0.0399. The van der Waals surface area contributed by atoms with E-state index in [9.17, 15) is 26.3 Å². The summed E-state index contributed by atoms with van der Waals surface area (Å²) in [7, 11) is -3.51. The summed E-state index contributed by atoms with van der Waals surface area (Å²) < 4.78 is 77.0. The van der Waals surface area contributed by atoms with Crippen LogP contribution < -0.4 is 63.7 Å². The van der Waals surface area contributed by atoms with Gasteiger partial charge in [0.25, 0.3) is 0 Å². The third-order valence-corrected chi connectivity index (χ3v) is 27.5. The molecule has 0 unspecified atom stereocenters. The second-order valence-corrected chi connectivity index (χ2v) is 34.3. The summed E-state index contributed by atoms with van der Waals surface area (Å²) in [6.45, 7) is 0. The Morgan fingerprint density at radius 3 is 0.420 bits per heavy atom. The molecular weight excluding hydrogens is 1570 g/mol. The van der Waals surface area contributed by atoms with Crippen LogP contribution in [0.4, 0.5) is 49.1 Å². The molecule has 0 bridgehead atoms. The molecule has 0 aliphatic heterocycles. The van der Waals surface area contributed by atoms with Gasteiger partial charge in [-0.25, -0.2) is 26.3 Å². The number of nitrogens with zero attached hydrogens (tertiary/aromatic N) is 2. The third kappa shape index (κ3) is 28.0. The molecule has 16 rings (SSSR count). The number of benzene rings is 16. The summed E-state index contributed by atoms with van der Waals surface area (Å²) in [5, 5.41) is 25.0. The largest absolute Gasteiger partial charge is 2.00 e. The molecule has 14 heteroatoms. The van der Waals surface area contributed by atoms with Crippen LogP contribution in [-0.2, 0) is 34.1 Å². The Labute approximate surface area is 682 Å². The molecule has 112 heavy (non-hydrogen) atoms. The number of hydrogen-bond acceptors (Lipinski definition) is 0. The first-order chi connectivity index (χ1) is 53.1. The molecule has 0 saturated carbocycles. The summed E-state index contributed by atoms with van der Waals surface area (Å²) in [5.74, 6) is -3.93. The Morgan fingerprint density at radius 1 is 0.143 bits per heavy atom. The van der Waals surface area contributed by atoms with Crippen molar-refractivity contribution in [2.45, 2.75) is 0 Å². The zero-order chi connectivity index (χ0) is 74.8. The molecule has 0 spiro atoms. The van der Waals surface area contributed by atoms with E-state index < -0.39 is 55.0 Å². The van der Waals surface area contributed by atoms with Crippen molar-refractivity contribution in [3.8, 4) is 0 Å². The molecule has 0 saturated heterocycles. The summed E-state index contributed by atoms with van der Waals surface area (Å²) in [6.07, 6.45) is 0. The van der Waals surface area contributed by atoms with Crippen molar-refractivity contribution >= 4 is 118 Å². The van der Waals surface area contributed by atoms with E-state index >= 15 is 0 Å². The fraction of sp³-hybridized carbons (Fsp3) is 0. The van der Waals surface area contributed by atoms with Gasteiger partial charge in [-0.05, 0) is 194 Å². The fourth-order valence-corrected chi connectivity index (χ4v) is 22.2. The first-order valence-corrected chi connectivity index (χ1v) is 41.1. The molecule has 0 aliphatic carbocycles. The van der Waals surface area contributed by atoms with E-state index in [4.69, 9.17) is 0 Å². The van der Waals surface area contributed by atoms with Crippen LogP contribution in [0.3, 0.4) is 0 Å². The van der Waals surface area contributed by atoms with Crippen LogP contribution >= 0.6 is 31.7 Å². The van der Waals surface area contributed by atoms with Gasteiger partial charge < -0.3 is 25.5 Å². The van der Waals surface area contributed by atoms with Crippen LogP contribution in [0.5, 0.6) is 0 Å². The van der Waals surface area contributed by atoms with Gasteiger partial charge in [-0.2, -0.15) is 0 Å². The second kappa shape index (κ2) is 48.3. The maximum Gasteiger partial charge on any atom is 2.00 e. The van der Waals surface area contributed by atoms with Gasteiger partial charge in [0.2, 0.25) is 0 Å². The molecule has 0 atom stereocenters. The predicted molar refractivity (Wildman–Crippen MR) is 470 cm³/mol. The Hall–Kier alpha value is -10.5. The molecule has 2 nitrogen and oxygen atoms in total. The van der Waals surface area contributed by atoms with Crippen molar-refractivity contribution in [1.82, 2.24) is 0 Å². The zero-order valence-corrected chi connectivity index (χ0v) is 67.4. The monoisotopic (exact) mass is 1650 g/mol. The van der Waals surface area contributed by atoms with Gasteiger partial charge in [-0.15, -0.1) is 22.7 Å². The van der Waals surface area contributed by atoms with Crippen LogP contribution in [0.1, 0.15) is 0 Å². The van der Waals surface area contributed by atoms with Crippen molar-refractivity contribution in [3.05, 3.63) is 509 Å². The molecule has 0 N–H and O–H groups in total. The molecule has 0 aliphatic rings. The minimum absolute atomic E-state index is 0. The molecule has 0 fully saturated rings. The van der Waals surface area contributed by atoms with Gasteiger partial charge in [0, 0.05) is 12.1 Å². The second-order valence-electron chi connectivity index (χ2n) is 24.3. The van der Waals surface area contributed by atoms with E-state index in [1.807, 2.05) is 0 Å². The van der Waals surface area contributed by atoms with E-state index in [-0.39, 0.29) is 72.0 Å². The normalized spacial score (nSPS) is 10.1. The number of hydrogen-bond donors (Lipinski definition) is 0. The summed E-state index contributed by atoms with van der Waals surface area (Å²) in [5.41, 5.74) is 0.848. The molecule has 2 radical (unpaired) electrons. The van der Waals surface area contributed by atoms with E-state index in [0.717, 1.165) is 24.3 Å². The molecule has 0 heterocycles. The Bertz CT molecular complexity index is 4250. The van der Waals surface area contributed by atoms with Crippen LogP contribution in [0.15, 0.2) is 449 Å². The average molecular weight is 1650 g/mol. The van der Waals surface area contributed by atoms with Gasteiger partial charge in [0.1, 0.15) is 98.6 Å². The van der Waals surface area contributed by atoms with Crippen LogP contribution in [0.25, 0.3) is 10.6 Å². The average Bonchev–Trinajstić information content (AvgIpc) is 0.834. The van der Waals surface area contributed by atoms with E-state index in [2.05, 4.69) is 375 Å². The van der Waals surface area contributed by atoms with Gasteiger partial charge >= 0.3 is 34.1 Å². The van der Waals surface area contributed by atoms with Gasteiger partial charge in [-0.3, -0.25) is 0 Å². The molecular formula is C98H84Cu2F6N2P4+4.